The first-order valence-electron chi connectivity index (χ1n) is 4.91. The maximum Gasteiger partial charge on any atom is 0.319 e. The molecule has 0 spiro atoms. The zero-order valence-electron chi connectivity index (χ0n) is 9.59. The van der Waals surface area contributed by atoms with E-state index in [0.717, 1.165) is 11.8 Å². The van der Waals surface area contributed by atoms with Gasteiger partial charge in [0.25, 0.3) is 5.71 Å². The number of carboxylic acid groups (broad SMARTS) is 1. The number of carbonyl (C=O) groups is 1. The molecule has 0 unspecified atom stereocenters. The monoisotopic (exact) mass is 253 g/mol. The Hall–Kier alpha value is -1.63. The molecule has 2 rings (SSSR count). The molecule has 0 saturated carbocycles. The molecule has 7 heteroatoms. The summed E-state index contributed by atoms with van der Waals surface area (Å²) in [5.74, 6) is -0.900. The van der Waals surface area contributed by atoms with E-state index in [9.17, 15) is 4.79 Å². The maximum atomic E-state index is 11.1. The fourth-order valence-electron chi connectivity index (χ4n) is 1.25. The number of carboxylic acids is 1. The summed E-state index contributed by atoms with van der Waals surface area (Å²) in [6.45, 7) is 5.01. The number of nitrogens with zero attached hydrogens (tertiary/aromatic N) is 3. The second-order valence-corrected chi connectivity index (χ2v) is 5.66. The van der Waals surface area contributed by atoms with Gasteiger partial charge in [-0.3, -0.25) is 4.79 Å². The number of hydrogen-bond donors (Lipinski definition) is 1. The van der Waals surface area contributed by atoms with Crippen LogP contribution in [0.1, 0.15) is 19.5 Å². The minimum absolute atomic E-state index is 0.376. The van der Waals surface area contributed by atoms with Crippen molar-refractivity contribution in [2.24, 2.45) is 0 Å². The predicted octanol–water partition coefficient (Wildman–Crippen LogP) is 1.88. The third-order valence-electron chi connectivity index (χ3n) is 2.28. The highest BCUT2D eigenvalue weighted by atomic mass is 32.2. The van der Waals surface area contributed by atoms with E-state index < -0.39 is 10.7 Å². The minimum atomic E-state index is -0.967. The van der Waals surface area contributed by atoms with Crippen molar-refractivity contribution in [3.05, 3.63) is 12.0 Å². The minimum Gasteiger partial charge on any atom is -0.480 e. The number of thioether (sulfide) groups is 1. The van der Waals surface area contributed by atoms with Gasteiger partial charge in [-0.2, -0.15) is 4.98 Å². The molecular formula is C10H11N3O3S. The van der Waals surface area contributed by atoms with E-state index in [2.05, 4.69) is 15.1 Å². The fourth-order valence-corrected chi connectivity index (χ4v) is 2.26. The molecule has 90 valence electrons. The summed E-state index contributed by atoms with van der Waals surface area (Å²) >= 11 is 1.15. The van der Waals surface area contributed by atoms with Gasteiger partial charge >= 0.3 is 5.97 Å². The van der Waals surface area contributed by atoms with Crippen LogP contribution < -0.4 is 0 Å². The van der Waals surface area contributed by atoms with Crippen molar-refractivity contribution in [2.75, 3.05) is 0 Å². The second kappa shape index (κ2) is 3.99. The van der Waals surface area contributed by atoms with Gasteiger partial charge in [0, 0.05) is 0 Å². The van der Waals surface area contributed by atoms with Crippen molar-refractivity contribution < 1.29 is 14.4 Å². The molecule has 0 fully saturated rings. The van der Waals surface area contributed by atoms with Gasteiger partial charge in [-0.25, -0.2) is 4.98 Å². The van der Waals surface area contributed by atoms with Crippen LogP contribution in [0.4, 0.5) is 0 Å². The van der Waals surface area contributed by atoms with Crippen LogP contribution in [-0.2, 0) is 4.79 Å². The van der Waals surface area contributed by atoms with Gasteiger partial charge in [0.05, 0.1) is 11.1 Å². The molecule has 2 heterocycles. The highest BCUT2D eigenvalue weighted by Gasteiger charge is 2.30. The predicted molar refractivity (Wildman–Crippen MR) is 61.9 cm³/mol. The first-order valence-corrected chi connectivity index (χ1v) is 5.73. The Labute approximate surface area is 101 Å². The Kier molecular flexibility index (Phi) is 2.78. The van der Waals surface area contributed by atoms with E-state index in [1.54, 1.807) is 20.8 Å². The van der Waals surface area contributed by atoms with Gasteiger partial charge in [-0.1, -0.05) is 16.9 Å². The van der Waals surface area contributed by atoms with Crippen LogP contribution in [-0.4, -0.2) is 30.9 Å². The molecule has 0 radical (unpaired) electrons. The van der Waals surface area contributed by atoms with Crippen molar-refractivity contribution in [1.82, 2.24) is 15.1 Å². The molecule has 1 N–H and O–H groups in total. The highest BCUT2D eigenvalue weighted by molar-refractivity contribution is 8.01. The lowest BCUT2D eigenvalue weighted by molar-refractivity contribution is -0.138. The zero-order valence-corrected chi connectivity index (χ0v) is 10.4. The van der Waals surface area contributed by atoms with Crippen LogP contribution in [0.15, 0.2) is 15.9 Å². The molecule has 0 aromatic carbocycles. The lowest BCUT2D eigenvalue weighted by Gasteiger charge is -2.17. The molecule has 17 heavy (non-hydrogen) atoms. The standard InChI is InChI=1S/C10H11N3O3S/c1-5-6-7(16-13-5)11-4-12-8(6)17-10(2,3)9(14)15/h4H,1-3H3,(H,14,15). The van der Waals surface area contributed by atoms with E-state index in [-0.39, 0.29) is 0 Å². The number of rotatable bonds is 3. The molecule has 0 aliphatic carbocycles. The number of aliphatic carboxylic acids is 1. The molecular weight excluding hydrogens is 242 g/mol. The number of hydrogen-bond acceptors (Lipinski definition) is 6. The van der Waals surface area contributed by atoms with Gasteiger partial charge < -0.3 is 9.63 Å². The lowest BCUT2D eigenvalue weighted by Crippen LogP contribution is -2.27. The Morgan fingerprint density at radius 2 is 2.18 bits per heavy atom. The third kappa shape index (κ3) is 2.10. The molecule has 0 amide bonds. The molecule has 2 aromatic heterocycles. The van der Waals surface area contributed by atoms with Crippen LogP contribution in [0.5, 0.6) is 0 Å². The highest BCUT2D eigenvalue weighted by Crippen LogP contribution is 2.35. The van der Waals surface area contributed by atoms with E-state index in [0.29, 0.717) is 21.8 Å². The van der Waals surface area contributed by atoms with Crippen LogP contribution in [0.3, 0.4) is 0 Å². The van der Waals surface area contributed by atoms with Crippen LogP contribution in [0.2, 0.25) is 0 Å². The summed E-state index contributed by atoms with van der Waals surface area (Å²) in [6, 6.07) is 0. The number of aromatic nitrogens is 3. The molecule has 0 atom stereocenters. The Bertz CT molecular complexity index is 579. The molecule has 6 nitrogen and oxygen atoms in total. The first-order chi connectivity index (χ1) is 7.92. The average molecular weight is 253 g/mol. The van der Waals surface area contributed by atoms with Crippen molar-refractivity contribution in [1.29, 1.82) is 0 Å². The van der Waals surface area contributed by atoms with E-state index in [4.69, 9.17) is 9.63 Å². The van der Waals surface area contributed by atoms with Crippen molar-refractivity contribution in [3.8, 4) is 0 Å². The van der Waals surface area contributed by atoms with Crippen LogP contribution in [0.25, 0.3) is 11.1 Å². The summed E-state index contributed by atoms with van der Waals surface area (Å²) in [6.07, 6.45) is 1.34. The molecule has 0 aliphatic heterocycles. The van der Waals surface area contributed by atoms with Gasteiger partial charge in [-0.05, 0) is 20.8 Å². The fraction of sp³-hybridized carbons (Fsp3) is 0.400. The van der Waals surface area contributed by atoms with Crippen LogP contribution >= 0.6 is 11.8 Å². The summed E-state index contributed by atoms with van der Waals surface area (Å²) < 4.78 is 4.04. The number of aryl methyl sites for hydroxylation is 1. The first kappa shape index (κ1) is 11.8. The van der Waals surface area contributed by atoms with Crippen molar-refractivity contribution in [3.63, 3.8) is 0 Å². The van der Waals surface area contributed by atoms with Gasteiger partial charge in [0.15, 0.2) is 0 Å². The van der Waals surface area contributed by atoms with Crippen molar-refractivity contribution >= 4 is 28.8 Å². The number of fused-ring (bicyclic) bond motifs is 1. The Balaban J connectivity index is 2.49. The summed E-state index contributed by atoms with van der Waals surface area (Å²) in [5, 5.41) is 14.1. The normalized spacial score (nSPS) is 11.9. The van der Waals surface area contributed by atoms with Crippen LogP contribution in [0, 0.1) is 6.92 Å². The summed E-state index contributed by atoms with van der Waals surface area (Å²) in [7, 11) is 0. The second-order valence-electron chi connectivity index (χ2n) is 4.04. The summed E-state index contributed by atoms with van der Waals surface area (Å²) in [4.78, 5) is 19.1. The van der Waals surface area contributed by atoms with Gasteiger partial charge in [0.1, 0.15) is 16.1 Å². The smallest absolute Gasteiger partial charge is 0.319 e. The lowest BCUT2D eigenvalue weighted by atomic mass is 10.2. The topological polar surface area (TPSA) is 89.1 Å². The quantitative estimate of drug-likeness (QED) is 0.659. The zero-order chi connectivity index (χ0) is 12.6. The largest absolute Gasteiger partial charge is 0.480 e. The molecule has 0 bridgehead atoms. The average Bonchev–Trinajstić information content (AvgIpc) is 2.61. The van der Waals surface area contributed by atoms with E-state index in [1.807, 2.05) is 0 Å². The van der Waals surface area contributed by atoms with Gasteiger partial charge in [-0.15, -0.1) is 0 Å². The van der Waals surface area contributed by atoms with Crippen molar-refractivity contribution in [2.45, 2.75) is 30.5 Å². The molecule has 0 saturated heterocycles. The van der Waals surface area contributed by atoms with E-state index >= 15 is 0 Å². The Morgan fingerprint density at radius 1 is 1.47 bits per heavy atom. The SMILES string of the molecule is Cc1noc2ncnc(SC(C)(C)C(=O)O)c12. The Morgan fingerprint density at radius 3 is 2.82 bits per heavy atom. The summed E-state index contributed by atoms with van der Waals surface area (Å²) in [5.41, 5.74) is 1.03. The van der Waals surface area contributed by atoms with Gasteiger partial charge in [0.2, 0.25) is 0 Å². The maximum absolute atomic E-state index is 11.1. The third-order valence-corrected chi connectivity index (χ3v) is 3.46. The van der Waals surface area contributed by atoms with E-state index in [1.165, 1.54) is 6.33 Å². The molecule has 2 aromatic rings. The molecule has 0 aliphatic rings.